The van der Waals surface area contributed by atoms with Crippen LogP contribution in [0.4, 0.5) is 10.1 Å². The molecule has 1 aromatic heterocycles. The zero-order valence-electron chi connectivity index (χ0n) is 14.4. The Balaban J connectivity index is 1.62. The second kappa shape index (κ2) is 8.25. The van der Waals surface area contributed by atoms with E-state index >= 15 is 0 Å². The number of carbonyl (C=O) groups excluding carboxylic acids is 1. The summed E-state index contributed by atoms with van der Waals surface area (Å²) < 4.78 is 12.9. The zero-order valence-corrected chi connectivity index (χ0v) is 14.4. The smallest absolute Gasteiger partial charge is 0.253 e. The molecule has 0 radical (unpaired) electrons. The molecule has 5 heteroatoms. The topological polar surface area (TPSA) is 54.0 Å². The van der Waals surface area contributed by atoms with Gasteiger partial charge >= 0.3 is 0 Å². The lowest BCUT2D eigenvalue weighted by atomic mass is 10.1. The Morgan fingerprint density at radius 2 is 1.81 bits per heavy atom. The van der Waals surface area contributed by atoms with Crippen molar-refractivity contribution in [3.63, 3.8) is 0 Å². The van der Waals surface area contributed by atoms with Gasteiger partial charge < -0.3 is 10.6 Å². The number of nitrogens with zero attached hydrogens (tertiary/aromatic N) is 1. The van der Waals surface area contributed by atoms with E-state index in [0.717, 1.165) is 16.8 Å². The first-order valence-electron chi connectivity index (χ1n) is 8.41. The van der Waals surface area contributed by atoms with Gasteiger partial charge in [0.15, 0.2) is 0 Å². The standard InChI is InChI=1S/C21H20FN3O/c1-15(17-5-3-2-4-6-17)25-21(26)18-11-20(14-23-13-18)24-12-16-7-9-19(22)10-8-16/h2-11,13-15,24H,12H2,1H3,(H,25,26). The van der Waals surface area contributed by atoms with Crippen molar-refractivity contribution < 1.29 is 9.18 Å². The fourth-order valence-corrected chi connectivity index (χ4v) is 2.57. The molecular weight excluding hydrogens is 329 g/mol. The number of amides is 1. The second-order valence-electron chi connectivity index (χ2n) is 6.05. The number of halogens is 1. The monoisotopic (exact) mass is 349 g/mol. The lowest BCUT2D eigenvalue weighted by molar-refractivity contribution is 0.0939. The summed E-state index contributed by atoms with van der Waals surface area (Å²) in [4.78, 5) is 16.6. The van der Waals surface area contributed by atoms with E-state index in [9.17, 15) is 9.18 Å². The minimum absolute atomic E-state index is 0.0977. The number of pyridine rings is 1. The third-order valence-corrected chi connectivity index (χ3v) is 4.06. The third-order valence-electron chi connectivity index (χ3n) is 4.06. The van der Waals surface area contributed by atoms with E-state index in [0.29, 0.717) is 12.1 Å². The SMILES string of the molecule is CC(NC(=O)c1cncc(NCc2ccc(F)cc2)c1)c1ccccc1. The van der Waals surface area contributed by atoms with Gasteiger partial charge in [-0.05, 0) is 36.2 Å². The van der Waals surface area contributed by atoms with Gasteiger partial charge in [-0.2, -0.15) is 0 Å². The Morgan fingerprint density at radius 1 is 1.08 bits per heavy atom. The van der Waals surface area contributed by atoms with Crippen molar-refractivity contribution in [1.82, 2.24) is 10.3 Å². The summed E-state index contributed by atoms with van der Waals surface area (Å²) in [5, 5.41) is 6.17. The van der Waals surface area contributed by atoms with Crippen LogP contribution in [-0.2, 0) is 6.54 Å². The van der Waals surface area contributed by atoms with Crippen LogP contribution in [0.3, 0.4) is 0 Å². The van der Waals surface area contributed by atoms with Crippen molar-refractivity contribution in [1.29, 1.82) is 0 Å². The van der Waals surface area contributed by atoms with Crippen LogP contribution in [-0.4, -0.2) is 10.9 Å². The molecule has 26 heavy (non-hydrogen) atoms. The van der Waals surface area contributed by atoms with Gasteiger partial charge in [0.25, 0.3) is 5.91 Å². The largest absolute Gasteiger partial charge is 0.380 e. The molecule has 1 heterocycles. The zero-order chi connectivity index (χ0) is 18.4. The third kappa shape index (κ3) is 4.66. The minimum Gasteiger partial charge on any atom is -0.380 e. The fourth-order valence-electron chi connectivity index (χ4n) is 2.57. The van der Waals surface area contributed by atoms with Crippen molar-refractivity contribution >= 4 is 11.6 Å². The predicted molar refractivity (Wildman–Crippen MR) is 100 cm³/mol. The highest BCUT2D eigenvalue weighted by Crippen LogP contribution is 2.14. The summed E-state index contributed by atoms with van der Waals surface area (Å²) >= 11 is 0. The highest BCUT2D eigenvalue weighted by atomic mass is 19.1. The average molecular weight is 349 g/mol. The quantitative estimate of drug-likeness (QED) is 0.697. The van der Waals surface area contributed by atoms with Crippen LogP contribution < -0.4 is 10.6 Å². The van der Waals surface area contributed by atoms with Crippen LogP contribution in [0.25, 0.3) is 0 Å². The van der Waals surface area contributed by atoms with Crippen molar-refractivity contribution in [3.05, 3.63) is 95.6 Å². The Morgan fingerprint density at radius 3 is 2.54 bits per heavy atom. The van der Waals surface area contributed by atoms with Gasteiger partial charge in [0.2, 0.25) is 0 Å². The van der Waals surface area contributed by atoms with Gasteiger partial charge in [-0.1, -0.05) is 42.5 Å². The number of benzene rings is 2. The van der Waals surface area contributed by atoms with E-state index in [1.807, 2.05) is 37.3 Å². The molecule has 1 atom stereocenters. The number of hydrogen-bond acceptors (Lipinski definition) is 3. The Hall–Kier alpha value is -3.21. The molecule has 0 aliphatic heterocycles. The Bertz CT molecular complexity index is 866. The van der Waals surface area contributed by atoms with Crippen molar-refractivity contribution in [2.45, 2.75) is 19.5 Å². The molecule has 2 N–H and O–H groups in total. The normalized spacial score (nSPS) is 11.6. The molecule has 0 aliphatic carbocycles. The number of hydrogen-bond donors (Lipinski definition) is 2. The molecule has 1 unspecified atom stereocenters. The van der Waals surface area contributed by atoms with E-state index in [4.69, 9.17) is 0 Å². The highest BCUT2D eigenvalue weighted by molar-refractivity contribution is 5.94. The molecule has 0 saturated carbocycles. The number of anilines is 1. The number of carbonyl (C=O) groups is 1. The lowest BCUT2D eigenvalue weighted by Gasteiger charge is -2.14. The Kier molecular flexibility index (Phi) is 5.59. The number of rotatable bonds is 6. The van der Waals surface area contributed by atoms with E-state index in [1.165, 1.54) is 18.3 Å². The summed E-state index contributed by atoms with van der Waals surface area (Å²) in [6, 6.07) is 17.7. The van der Waals surface area contributed by atoms with Crippen molar-refractivity contribution in [3.8, 4) is 0 Å². The van der Waals surface area contributed by atoms with Crippen LogP contribution in [0.1, 0.15) is 34.5 Å². The summed E-state index contributed by atoms with van der Waals surface area (Å²) in [6.07, 6.45) is 3.19. The van der Waals surface area contributed by atoms with Gasteiger partial charge in [0, 0.05) is 18.9 Å². The van der Waals surface area contributed by atoms with Gasteiger partial charge in [-0.25, -0.2) is 4.39 Å². The van der Waals surface area contributed by atoms with Gasteiger partial charge in [0.05, 0.1) is 17.3 Å². The molecule has 1 amide bonds. The van der Waals surface area contributed by atoms with Crippen LogP contribution in [0.15, 0.2) is 73.1 Å². The molecule has 0 saturated heterocycles. The summed E-state index contributed by atoms with van der Waals surface area (Å²) in [7, 11) is 0. The average Bonchev–Trinajstić information content (AvgIpc) is 2.68. The number of aromatic nitrogens is 1. The van der Waals surface area contributed by atoms with E-state index in [2.05, 4.69) is 15.6 Å². The molecule has 0 aliphatic rings. The van der Waals surface area contributed by atoms with Gasteiger partial charge in [-0.15, -0.1) is 0 Å². The molecule has 0 bridgehead atoms. The van der Waals surface area contributed by atoms with Gasteiger partial charge in [0.1, 0.15) is 5.82 Å². The van der Waals surface area contributed by atoms with Crippen LogP contribution in [0.2, 0.25) is 0 Å². The van der Waals surface area contributed by atoms with E-state index in [-0.39, 0.29) is 17.8 Å². The summed E-state index contributed by atoms with van der Waals surface area (Å²) in [5.41, 5.74) is 3.20. The molecule has 4 nitrogen and oxygen atoms in total. The maximum absolute atomic E-state index is 12.9. The van der Waals surface area contributed by atoms with Crippen LogP contribution in [0, 0.1) is 5.82 Å². The van der Waals surface area contributed by atoms with Crippen LogP contribution in [0.5, 0.6) is 0 Å². The first-order chi connectivity index (χ1) is 12.6. The van der Waals surface area contributed by atoms with Crippen molar-refractivity contribution in [2.75, 3.05) is 5.32 Å². The fraction of sp³-hybridized carbons (Fsp3) is 0.143. The molecule has 3 rings (SSSR count). The molecule has 0 fully saturated rings. The molecule has 3 aromatic rings. The maximum atomic E-state index is 12.9. The van der Waals surface area contributed by atoms with Gasteiger partial charge in [-0.3, -0.25) is 9.78 Å². The maximum Gasteiger partial charge on any atom is 0.253 e. The summed E-state index contributed by atoms with van der Waals surface area (Å²) in [6.45, 7) is 2.46. The highest BCUT2D eigenvalue weighted by Gasteiger charge is 2.12. The Labute approximate surface area is 152 Å². The van der Waals surface area contributed by atoms with Crippen molar-refractivity contribution in [2.24, 2.45) is 0 Å². The summed E-state index contributed by atoms with van der Waals surface area (Å²) in [5.74, 6) is -0.444. The van der Waals surface area contributed by atoms with E-state index in [1.54, 1.807) is 24.4 Å². The first-order valence-corrected chi connectivity index (χ1v) is 8.41. The lowest BCUT2D eigenvalue weighted by Crippen LogP contribution is -2.26. The number of nitrogens with one attached hydrogen (secondary N) is 2. The molecule has 2 aromatic carbocycles. The first kappa shape index (κ1) is 17.6. The molecule has 132 valence electrons. The predicted octanol–water partition coefficient (Wildman–Crippen LogP) is 4.32. The second-order valence-corrected chi connectivity index (χ2v) is 6.05. The minimum atomic E-state index is -0.262. The molecule has 0 spiro atoms. The molecular formula is C21H20FN3O. The van der Waals surface area contributed by atoms with Crippen LogP contribution >= 0.6 is 0 Å². The van der Waals surface area contributed by atoms with E-state index < -0.39 is 0 Å².